The zero-order chi connectivity index (χ0) is 13.8. The van der Waals surface area contributed by atoms with Crippen molar-refractivity contribution in [3.05, 3.63) is 47.0 Å². The molecule has 1 N–H and O–H groups in total. The van der Waals surface area contributed by atoms with E-state index < -0.39 is 11.4 Å². The van der Waals surface area contributed by atoms with Crippen molar-refractivity contribution < 1.29 is 4.55 Å². The summed E-state index contributed by atoms with van der Waals surface area (Å²) in [7, 11) is 0. The average Bonchev–Trinajstić information content (AvgIpc) is 2.27. The average molecular weight is 330 g/mol. The smallest absolute Gasteiger partial charge is 0.136 e. The zero-order valence-electron chi connectivity index (χ0n) is 11.1. The van der Waals surface area contributed by atoms with Crippen LogP contribution in [0.15, 0.2) is 41.4 Å². The fraction of sp³-hybridized carbons (Fsp3) is 0.429. The highest BCUT2D eigenvalue weighted by atomic mass is 79.9. The molecule has 0 heterocycles. The fourth-order valence-electron chi connectivity index (χ4n) is 1.45. The molecule has 18 heavy (non-hydrogen) atoms. The Hall–Kier alpha value is -0.290. The van der Waals surface area contributed by atoms with E-state index in [-0.39, 0.29) is 10.8 Å². The maximum Gasteiger partial charge on any atom is 0.136 e. The maximum atomic E-state index is 12.2. The third kappa shape index (κ3) is 4.76. The van der Waals surface area contributed by atoms with E-state index in [2.05, 4.69) is 27.2 Å². The first-order valence-electron chi connectivity index (χ1n) is 5.89. The Kier molecular flexibility index (Phi) is 5.92. The normalized spacial score (nSPS) is 15.2. The van der Waals surface area contributed by atoms with Crippen molar-refractivity contribution in [3.8, 4) is 0 Å². The second-order valence-corrected chi connectivity index (χ2v) is 8.04. The lowest BCUT2D eigenvalue weighted by Gasteiger charge is -2.27. The van der Waals surface area contributed by atoms with E-state index in [1.165, 1.54) is 0 Å². The monoisotopic (exact) mass is 329 g/mol. The first-order valence-corrected chi connectivity index (χ1v) is 7.83. The van der Waals surface area contributed by atoms with Crippen LogP contribution in [0.5, 0.6) is 0 Å². The molecule has 4 heteroatoms. The van der Waals surface area contributed by atoms with Gasteiger partial charge in [0.1, 0.15) is 4.75 Å². The van der Waals surface area contributed by atoms with E-state index in [4.69, 9.17) is 0 Å². The lowest BCUT2D eigenvalue weighted by Crippen LogP contribution is -2.41. The highest BCUT2D eigenvalue weighted by Crippen LogP contribution is 2.24. The van der Waals surface area contributed by atoms with Crippen molar-refractivity contribution >= 4 is 27.3 Å². The van der Waals surface area contributed by atoms with Gasteiger partial charge in [-0.1, -0.05) is 34.1 Å². The van der Waals surface area contributed by atoms with Gasteiger partial charge in [0.05, 0.1) is 6.04 Å². The van der Waals surface area contributed by atoms with E-state index in [1.54, 1.807) is 0 Å². The molecule has 1 aromatic carbocycles. The molecule has 0 aromatic heterocycles. The van der Waals surface area contributed by atoms with E-state index in [1.807, 2.05) is 51.1 Å². The number of benzene rings is 1. The summed E-state index contributed by atoms with van der Waals surface area (Å²) in [4.78, 5) is 0. The first-order chi connectivity index (χ1) is 8.34. The quantitative estimate of drug-likeness (QED) is 0.651. The van der Waals surface area contributed by atoms with Gasteiger partial charge in [-0.25, -0.2) is 0 Å². The summed E-state index contributed by atoms with van der Waals surface area (Å²) < 4.78 is 16.1. The Morgan fingerprint density at radius 3 is 2.67 bits per heavy atom. The van der Waals surface area contributed by atoms with Crippen LogP contribution in [0.3, 0.4) is 0 Å². The van der Waals surface area contributed by atoms with Crippen LogP contribution in [0.4, 0.5) is 0 Å². The van der Waals surface area contributed by atoms with Crippen LogP contribution < -0.4 is 4.72 Å². The highest BCUT2D eigenvalue weighted by Gasteiger charge is 2.29. The Morgan fingerprint density at radius 2 is 2.17 bits per heavy atom. The number of halogens is 1. The molecule has 0 aliphatic heterocycles. The van der Waals surface area contributed by atoms with Crippen molar-refractivity contribution in [2.24, 2.45) is 0 Å². The number of rotatable bonds is 5. The molecule has 100 valence electrons. The molecule has 0 aliphatic rings. The molecule has 1 aromatic rings. The number of hydrogen-bond donors (Lipinski definition) is 1. The van der Waals surface area contributed by atoms with Crippen molar-refractivity contribution in [1.82, 2.24) is 4.72 Å². The Balaban J connectivity index is 2.86. The summed E-state index contributed by atoms with van der Waals surface area (Å²) in [5.74, 6) is 0. The zero-order valence-corrected chi connectivity index (χ0v) is 13.5. The third-order valence-corrected chi connectivity index (χ3v) is 4.56. The summed E-state index contributed by atoms with van der Waals surface area (Å²) >= 11 is 2.37. The Bertz CT molecular complexity index is 403. The summed E-state index contributed by atoms with van der Waals surface area (Å²) in [6.07, 6.45) is 2.59. The molecule has 0 radical (unpaired) electrons. The third-order valence-electron chi connectivity index (χ3n) is 2.46. The first kappa shape index (κ1) is 15.8. The van der Waals surface area contributed by atoms with Gasteiger partial charge in [-0.3, -0.25) is 0 Å². The van der Waals surface area contributed by atoms with Crippen LogP contribution in [0.2, 0.25) is 0 Å². The summed E-state index contributed by atoms with van der Waals surface area (Å²) in [6.45, 7) is 9.65. The molecule has 0 saturated heterocycles. The van der Waals surface area contributed by atoms with E-state index in [9.17, 15) is 4.55 Å². The predicted octanol–water partition coefficient (Wildman–Crippen LogP) is 4.12. The molecule has 2 atom stereocenters. The summed E-state index contributed by atoms with van der Waals surface area (Å²) in [5, 5.41) is 0. The molecule has 0 fully saturated rings. The van der Waals surface area contributed by atoms with Gasteiger partial charge >= 0.3 is 0 Å². The number of nitrogens with one attached hydrogen (secondary N) is 1. The lowest BCUT2D eigenvalue weighted by atomic mass is 10.1. The van der Waals surface area contributed by atoms with Crippen molar-refractivity contribution in [2.75, 3.05) is 0 Å². The predicted molar refractivity (Wildman–Crippen MR) is 82.7 cm³/mol. The van der Waals surface area contributed by atoms with Gasteiger partial charge in [-0.05, 0) is 44.9 Å². The largest absolute Gasteiger partial charge is 0.598 e. The van der Waals surface area contributed by atoms with Crippen molar-refractivity contribution in [1.29, 1.82) is 0 Å². The van der Waals surface area contributed by atoms with Gasteiger partial charge in [-0.15, -0.1) is 11.3 Å². The van der Waals surface area contributed by atoms with Crippen LogP contribution >= 0.6 is 15.9 Å². The summed E-state index contributed by atoms with van der Waals surface area (Å²) in [5.41, 5.74) is 1.11. The second-order valence-electron chi connectivity index (χ2n) is 5.13. The van der Waals surface area contributed by atoms with Crippen LogP contribution in [0, 0.1) is 0 Å². The minimum Gasteiger partial charge on any atom is -0.598 e. The van der Waals surface area contributed by atoms with Crippen LogP contribution in [0.1, 0.15) is 38.8 Å². The molecule has 0 spiro atoms. The van der Waals surface area contributed by atoms with Gasteiger partial charge in [0.25, 0.3) is 0 Å². The van der Waals surface area contributed by atoms with E-state index in [0.29, 0.717) is 0 Å². The van der Waals surface area contributed by atoms with Gasteiger partial charge in [-0.2, -0.15) is 0 Å². The minimum absolute atomic E-state index is 0.0278. The Labute approximate surface area is 121 Å². The molecular formula is C14H20BrNOS. The highest BCUT2D eigenvalue weighted by molar-refractivity contribution is 9.10. The molecule has 0 bridgehead atoms. The van der Waals surface area contributed by atoms with E-state index >= 15 is 0 Å². The van der Waals surface area contributed by atoms with Crippen LogP contribution in [-0.4, -0.2) is 9.30 Å². The van der Waals surface area contributed by atoms with Crippen molar-refractivity contribution in [2.45, 2.75) is 38.0 Å². The topological polar surface area (TPSA) is 35.1 Å². The molecule has 0 aliphatic carbocycles. The summed E-state index contributed by atoms with van der Waals surface area (Å²) in [6, 6.07) is 8.07. The molecule has 0 saturated carbocycles. The number of hydrogen-bond acceptors (Lipinski definition) is 2. The lowest BCUT2D eigenvalue weighted by molar-refractivity contribution is 0.524. The second kappa shape index (κ2) is 6.75. The van der Waals surface area contributed by atoms with Crippen molar-refractivity contribution in [3.63, 3.8) is 0 Å². The van der Waals surface area contributed by atoms with Gasteiger partial charge in [0.2, 0.25) is 0 Å². The van der Waals surface area contributed by atoms with E-state index in [0.717, 1.165) is 16.5 Å². The SMILES string of the molecule is C=CCC(N[S+]([O-])C(C)(C)C)c1cccc(Br)c1. The van der Waals surface area contributed by atoms with Gasteiger partial charge < -0.3 is 4.55 Å². The minimum atomic E-state index is -1.09. The van der Waals surface area contributed by atoms with Crippen LogP contribution in [-0.2, 0) is 11.4 Å². The maximum absolute atomic E-state index is 12.2. The van der Waals surface area contributed by atoms with Crippen LogP contribution in [0.25, 0.3) is 0 Å². The van der Waals surface area contributed by atoms with Gasteiger partial charge in [0.15, 0.2) is 0 Å². The molecule has 0 amide bonds. The molecule has 1 rings (SSSR count). The fourth-order valence-corrected chi connectivity index (χ4v) is 2.71. The van der Waals surface area contributed by atoms with Gasteiger partial charge in [0, 0.05) is 15.8 Å². The molecule has 2 nitrogen and oxygen atoms in total. The Morgan fingerprint density at radius 1 is 1.50 bits per heavy atom. The molecule has 2 unspecified atom stereocenters. The molecular weight excluding hydrogens is 310 g/mol. The standard InChI is InChI=1S/C14H20BrNOS/c1-5-7-13(16-18(17)14(2,3)4)11-8-6-9-12(15)10-11/h5-6,8-10,13,16H,1,7H2,2-4H3.